The molecule has 0 N–H and O–H groups in total. The molecule has 1 atom stereocenters. The molecule has 0 aromatic carbocycles. The minimum absolute atomic E-state index is 0.0608. The second-order valence-electron chi connectivity index (χ2n) is 7.04. The van der Waals surface area contributed by atoms with E-state index in [0.29, 0.717) is 12.2 Å². The average molecular weight is 254 g/mol. The molecule has 104 valence electrons. The third kappa shape index (κ3) is 3.55. The third-order valence-corrected chi connectivity index (χ3v) is 4.06. The molecule has 0 saturated carbocycles. The molecule has 2 fully saturated rings. The zero-order valence-electron chi connectivity index (χ0n) is 12.0. The van der Waals surface area contributed by atoms with Gasteiger partial charge in [0.05, 0.1) is 5.60 Å². The summed E-state index contributed by atoms with van der Waals surface area (Å²) in [6.45, 7) is 8.69. The van der Waals surface area contributed by atoms with Crippen LogP contribution in [0.25, 0.3) is 0 Å². The molecule has 0 bridgehead atoms. The summed E-state index contributed by atoms with van der Waals surface area (Å²) in [5, 5.41) is 0. The summed E-state index contributed by atoms with van der Waals surface area (Å²) < 4.78 is 11.4. The van der Waals surface area contributed by atoms with E-state index >= 15 is 0 Å². The van der Waals surface area contributed by atoms with Crippen molar-refractivity contribution < 1.29 is 14.3 Å². The highest BCUT2D eigenvalue weighted by Gasteiger charge is 2.41. The first-order valence-electron chi connectivity index (χ1n) is 7.15. The lowest BCUT2D eigenvalue weighted by Crippen LogP contribution is -2.46. The van der Waals surface area contributed by atoms with Crippen LogP contribution in [0.5, 0.6) is 0 Å². The Labute approximate surface area is 110 Å². The molecular weight excluding hydrogens is 228 g/mol. The fourth-order valence-corrected chi connectivity index (χ4v) is 3.06. The minimum atomic E-state index is -0.0608. The SMILES string of the molecule is CC(C)(C)CC(=O)C1CCOC2(CCOCC2)C1. The van der Waals surface area contributed by atoms with E-state index in [9.17, 15) is 4.79 Å². The van der Waals surface area contributed by atoms with Gasteiger partial charge in [0.15, 0.2) is 0 Å². The predicted octanol–water partition coefficient (Wildman–Crippen LogP) is 2.97. The number of ether oxygens (including phenoxy) is 2. The van der Waals surface area contributed by atoms with Crippen LogP contribution in [-0.4, -0.2) is 31.2 Å². The Hall–Kier alpha value is -0.410. The van der Waals surface area contributed by atoms with Gasteiger partial charge < -0.3 is 9.47 Å². The fourth-order valence-electron chi connectivity index (χ4n) is 3.06. The van der Waals surface area contributed by atoms with Crippen LogP contribution in [0.15, 0.2) is 0 Å². The van der Waals surface area contributed by atoms with E-state index in [-0.39, 0.29) is 16.9 Å². The van der Waals surface area contributed by atoms with Crippen LogP contribution in [0.3, 0.4) is 0 Å². The van der Waals surface area contributed by atoms with Crippen molar-refractivity contribution in [2.45, 2.75) is 58.5 Å². The standard InChI is InChI=1S/C15H26O3/c1-14(2,3)11-13(16)12-4-7-18-15(10-12)5-8-17-9-6-15/h12H,4-11H2,1-3H3. The molecule has 2 heterocycles. The lowest BCUT2D eigenvalue weighted by atomic mass is 9.76. The van der Waals surface area contributed by atoms with Crippen LogP contribution in [0, 0.1) is 11.3 Å². The van der Waals surface area contributed by atoms with Gasteiger partial charge in [0, 0.05) is 32.2 Å². The van der Waals surface area contributed by atoms with Crippen molar-refractivity contribution >= 4 is 5.78 Å². The van der Waals surface area contributed by atoms with Gasteiger partial charge in [0.2, 0.25) is 0 Å². The van der Waals surface area contributed by atoms with E-state index in [4.69, 9.17) is 9.47 Å². The number of carbonyl (C=O) groups is 1. The van der Waals surface area contributed by atoms with E-state index in [1.54, 1.807) is 0 Å². The van der Waals surface area contributed by atoms with Gasteiger partial charge in [-0.2, -0.15) is 0 Å². The van der Waals surface area contributed by atoms with E-state index < -0.39 is 0 Å². The van der Waals surface area contributed by atoms with Crippen molar-refractivity contribution in [2.75, 3.05) is 19.8 Å². The van der Waals surface area contributed by atoms with E-state index in [1.165, 1.54) is 0 Å². The second kappa shape index (κ2) is 5.30. The maximum atomic E-state index is 12.4. The number of hydrogen-bond acceptors (Lipinski definition) is 3. The molecule has 2 rings (SSSR count). The molecular formula is C15H26O3. The Morgan fingerprint density at radius 1 is 1.22 bits per heavy atom. The van der Waals surface area contributed by atoms with Crippen LogP contribution in [0.2, 0.25) is 0 Å². The zero-order chi connectivity index (χ0) is 13.2. The predicted molar refractivity (Wildman–Crippen MR) is 70.5 cm³/mol. The van der Waals surface area contributed by atoms with Crippen LogP contribution in [0.4, 0.5) is 0 Å². The first-order chi connectivity index (χ1) is 8.40. The molecule has 18 heavy (non-hydrogen) atoms. The molecule has 0 aromatic rings. The van der Waals surface area contributed by atoms with Gasteiger partial charge in [-0.3, -0.25) is 4.79 Å². The smallest absolute Gasteiger partial charge is 0.136 e. The second-order valence-corrected chi connectivity index (χ2v) is 7.04. The lowest BCUT2D eigenvalue weighted by Gasteiger charge is -2.43. The summed E-state index contributed by atoms with van der Waals surface area (Å²) >= 11 is 0. The first kappa shape index (κ1) is 14.0. The Kier molecular flexibility index (Phi) is 4.12. The number of rotatable bonds is 2. The van der Waals surface area contributed by atoms with E-state index in [2.05, 4.69) is 20.8 Å². The molecule has 3 nitrogen and oxygen atoms in total. The quantitative estimate of drug-likeness (QED) is 0.760. The molecule has 2 saturated heterocycles. The highest BCUT2D eigenvalue weighted by molar-refractivity contribution is 5.81. The summed E-state index contributed by atoms with van der Waals surface area (Å²) in [6.07, 6.45) is 4.39. The topological polar surface area (TPSA) is 35.5 Å². The monoisotopic (exact) mass is 254 g/mol. The summed E-state index contributed by atoms with van der Waals surface area (Å²) in [7, 11) is 0. The molecule has 0 aliphatic carbocycles. The highest BCUT2D eigenvalue weighted by atomic mass is 16.5. The molecule has 1 spiro atoms. The summed E-state index contributed by atoms with van der Waals surface area (Å²) in [4.78, 5) is 12.4. The Balaban J connectivity index is 1.95. The maximum absolute atomic E-state index is 12.4. The number of ketones is 1. The van der Waals surface area contributed by atoms with Crippen molar-refractivity contribution in [3.05, 3.63) is 0 Å². The van der Waals surface area contributed by atoms with Gasteiger partial charge >= 0.3 is 0 Å². The third-order valence-electron chi connectivity index (χ3n) is 4.06. The molecule has 0 radical (unpaired) electrons. The maximum Gasteiger partial charge on any atom is 0.136 e. The summed E-state index contributed by atoms with van der Waals surface area (Å²) in [5.74, 6) is 0.632. The van der Waals surface area contributed by atoms with Crippen LogP contribution >= 0.6 is 0 Å². The summed E-state index contributed by atoms with van der Waals surface area (Å²) in [6, 6.07) is 0. The van der Waals surface area contributed by atoms with Gasteiger partial charge in [-0.25, -0.2) is 0 Å². The number of carbonyl (C=O) groups excluding carboxylic acids is 1. The van der Waals surface area contributed by atoms with E-state index in [0.717, 1.165) is 45.5 Å². The largest absolute Gasteiger partial charge is 0.381 e. The average Bonchev–Trinajstić information content (AvgIpc) is 2.28. The minimum Gasteiger partial charge on any atom is -0.381 e. The number of hydrogen-bond donors (Lipinski definition) is 0. The van der Waals surface area contributed by atoms with Crippen molar-refractivity contribution in [3.63, 3.8) is 0 Å². The van der Waals surface area contributed by atoms with Gasteiger partial charge in [-0.05, 0) is 31.1 Å². The van der Waals surface area contributed by atoms with Crippen LogP contribution in [0.1, 0.15) is 52.9 Å². The van der Waals surface area contributed by atoms with Crippen molar-refractivity contribution in [1.82, 2.24) is 0 Å². The van der Waals surface area contributed by atoms with E-state index in [1.807, 2.05) is 0 Å². The fraction of sp³-hybridized carbons (Fsp3) is 0.933. The number of Topliss-reactive ketones (excluding diaryl/α,β-unsaturated/α-hetero) is 1. The zero-order valence-corrected chi connectivity index (χ0v) is 12.0. The lowest BCUT2D eigenvalue weighted by molar-refractivity contribution is -0.157. The van der Waals surface area contributed by atoms with Gasteiger partial charge in [0.1, 0.15) is 5.78 Å². The van der Waals surface area contributed by atoms with Crippen molar-refractivity contribution in [2.24, 2.45) is 11.3 Å². The normalized spacial score (nSPS) is 28.3. The highest BCUT2D eigenvalue weighted by Crippen LogP contribution is 2.38. The van der Waals surface area contributed by atoms with Gasteiger partial charge in [0.25, 0.3) is 0 Å². The van der Waals surface area contributed by atoms with Crippen LogP contribution in [-0.2, 0) is 14.3 Å². The molecule has 1 unspecified atom stereocenters. The molecule has 2 aliphatic heterocycles. The van der Waals surface area contributed by atoms with Crippen molar-refractivity contribution in [1.29, 1.82) is 0 Å². The first-order valence-corrected chi connectivity index (χ1v) is 7.15. The van der Waals surface area contributed by atoms with Gasteiger partial charge in [-0.15, -0.1) is 0 Å². The van der Waals surface area contributed by atoms with Crippen LogP contribution < -0.4 is 0 Å². The molecule has 0 aromatic heterocycles. The molecule has 3 heteroatoms. The Bertz CT molecular complexity index is 292. The van der Waals surface area contributed by atoms with Gasteiger partial charge in [-0.1, -0.05) is 20.8 Å². The Morgan fingerprint density at radius 2 is 1.89 bits per heavy atom. The molecule has 0 amide bonds. The van der Waals surface area contributed by atoms with Crippen molar-refractivity contribution in [3.8, 4) is 0 Å². The summed E-state index contributed by atoms with van der Waals surface area (Å²) in [5.41, 5.74) is 0.0347. The Morgan fingerprint density at radius 3 is 2.50 bits per heavy atom. The molecule has 2 aliphatic rings.